The molecule has 2 aliphatic carbocycles. The molecule has 5 atom stereocenters. The monoisotopic (exact) mass is 397 g/mol. The molecule has 4 heteroatoms. The van der Waals surface area contributed by atoms with Crippen molar-refractivity contribution in [2.24, 2.45) is 17.8 Å². The smallest absolute Gasteiger partial charge is 0.222 e. The van der Waals surface area contributed by atoms with Gasteiger partial charge in [-0.05, 0) is 56.4 Å². The number of nitrogens with zero attached hydrogens (tertiary/aromatic N) is 1. The van der Waals surface area contributed by atoms with Gasteiger partial charge in [-0.1, -0.05) is 54.1 Å². The fraction of sp³-hybridized carbons (Fsp3) is 0.560. The van der Waals surface area contributed by atoms with Crippen molar-refractivity contribution in [1.82, 2.24) is 4.90 Å². The molecule has 29 heavy (non-hydrogen) atoms. The van der Waals surface area contributed by atoms with E-state index in [1.54, 1.807) is 25.9 Å². The Balaban J connectivity index is 1.54. The highest BCUT2D eigenvalue weighted by Gasteiger charge is 2.43. The summed E-state index contributed by atoms with van der Waals surface area (Å²) in [6, 6.07) is 9.65. The van der Waals surface area contributed by atoms with Crippen LogP contribution in [0.3, 0.4) is 0 Å². The molecule has 0 bridgehead atoms. The number of allylic oxidation sites excluding steroid dienone is 2. The maximum absolute atomic E-state index is 11.7. The van der Waals surface area contributed by atoms with Crippen molar-refractivity contribution in [3.63, 3.8) is 0 Å². The highest BCUT2D eigenvalue weighted by Crippen LogP contribution is 2.48. The fourth-order valence-electron chi connectivity index (χ4n) is 4.81. The lowest BCUT2D eigenvalue weighted by atomic mass is 9.86. The van der Waals surface area contributed by atoms with E-state index in [2.05, 4.69) is 6.08 Å². The van der Waals surface area contributed by atoms with E-state index in [-0.39, 0.29) is 17.9 Å². The Morgan fingerprint density at radius 1 is 1.24 bits per heavy atom. The maximum Gasteiger partial charge on any atom is 0.222 e. The number of hydrogen-bond donors (Lipinski definition) is 2. The topological polar surface area (TPSA) is 60.8 Å². The summed E-state index contributed by atoms with van der Waals surface area (Å²) < 4.78 is 0. The SMILES string of the molecule is CN(C)C(=O)CCCCC1=C[C@H]2C[C@@H](O)[C@H](/C=C/[C@@](C)(O)c3ccccc3)[C@H]2C1. The number of aliphatic hydroxyl groups is 2. The molecule has 1 aromatic carbocycles. The minimum Gasteiger partial charge on any atom is -0.392 e. The zero-order valence-corrected chi connectivity index (χ0v) is 17.9. The van der Waals surface area contributed by atoms with E-state index in [4.69, 9.17) is 0 Å². The summed E-state index contributed by atoms with van der Waals surface area (Å²) in [5, 5.41) is 21.4. The van der Waals surface area contributed by atoms with Gasteiger partial charge in [0.2, 0.25) is 5.91 Å². The Morgan fingerprint density at radius 2 is 1.97 bits per heavy atom. The molecule has 1 aromatic rings. The van der Waals surface area contributed by atoms with E-state index in [1.807, 2.05) is 42.5 Å². The second-order valence-electron chi connectivity index (χ2n) is 9.11. The second-order valence-corrected chi connectivity index (χ2v) is 9.11. The number of benzene rings is 1. The molecule has 0 aromatic heterocycles. The van der Waals surface area contributed by atoms with E-state index >= 15 is 0 Å². The first kappa shape index (κ1) is 21.8. The van der Waals surface area contributed by atoms with Crippen LogP contribution in [0.15, 0.2) is 54.1 Å². The van der Waals surface area contributed by atoms with Crippen molar-refractivity contribution in [3.8, 4) is 0 Å². The standard InChI is InChI=1S/C25H35NO3/c1-25(29,20-10-5-4-6-11-20)14-13-21-22-16-18(15-19(22)17-23(21)27)9-7-8-12-24(28)26(2)3/h4-6,10-11,13-15,19,21-23,27,29H,7-9,12,16-17H2,1-3H3/b14-13+/t19-,21+,22-,23+,25+/m0/s1. The normalized spacial score (nSPS) is 28.2. The number of hydrogen-bond acceptors (Lipinski definition) is 3. The van der Waals surface area contributed by atoms with Crippen LogP contribution in [0.4, 0.5) is 0 Å². The first-order chi connectivity index (χ1) is 13.8. The van der Waals surface area contributed by atoms with Gasteiger partial charge in [0, 0.05) is 26.4 Å². The molecule has 3 rings (SSSR count). The molecule has 1 amide bonds. The van der Waals surface area contributed by atoms with Crippen LogP contribution < -0.4 is 0 Å². The molecule has 2 N–H and O–H groups in total. The van der Waals surface area contributed by atoms with E-state index in [0.717, 1.165) is 37.7 Å². The van der Waals surface area contributed by atoms with Gasteiger partial charge < -0.3 is 15.1 Å². The molecule has 0 radical (unpaired) electrons. The lowest BCUT2D eigenvalue weighted by Crippen LogP contribution is -2.21. The highest BCUT2D eigenvalue weighted by atomic mass is 16.3. The molecule has 0 aliphatic heterocycles. The van der Waals surface area contributed by atoms with Gasteiger partial charge in [-0.15, -0.1) is 0 Å². The van der Waals surface area contributed by atoms with Crippen LogP contribution in [0.1, 0.15) is 51.0 Å². The molecule has 1 saturated carbocycles. The Hall–Kier alpha value is -1.91. The van der Waals surface area contributed by atoms with E-state index in [0.29, 0.717) is 18.3 Å². The predicted molar refractivity (Wildman–Crippen MR) is 116 cm³/mol. The van der Waals surface area contributed by atoms with Crippen molar-refractivity contribution in [3.05, 3.63) is 59.7 Å². The maximum atomic E-state index is 11.7. The van der Waals surface area contributed by atoms with Crippen molar-refractivity contribution >= 4 is 5.91 Å². The third kappa shape index (κ3) is 5.37. The Bertz CT molecular complexity index is 751. The summed E-state index contributed by atoms with van der Waals surface area (Å²) in [5.41, 5.74) is 1.29. The number of carbonyl (C=O) groups excluding carboxylic acids is 1. The van der Waals surface area contributed by atoms with Gasteiger partial charge in [0.1, 0.15) is 5.60 Å². The van der Waals surface area contributed by atoms with E-state index in [9.17, 15) is 15.0 Å². The Labute approximate surface area is 174 Å². The average Bonchev–Trinajstić information content (AvgIpc) is 3.20. The van der Waals surface area contributed by atoms with E-state index < -0.39 is 5.60 Å². The molecule has 4 nitrogen and oxygen atoms in total. The quantitative estimate of drug-likeness (QED) is 0.514. The van der Waals surface area contributed by atoms with Crippen LogP contribution in [-0.4, -0.2) is 41.2 Å². The first-order valence-corrected chi connectivity index (χ1v) is 10.8. The number of aliphatic hydroxyl groups excluding tert-OH is 1. The molecular weight excluding hydrogens is 362 g/mol. The molecule has 158 valence electrons. The van der Waals surface area contributed by atoms with Crippen LogP contribution in [-0.2, 0) is 10.4 Å². The Kier molecular flexibility index (Phi) is 6.97. The zero-order valence-electron chi connectivity index (χ0n) is 17.9. The third-order valence-electron chi connectivity index (χ3n) is 6.59. The van der Waals surface area contributed by atoms with Crippen molar-refractivity contribution < 1.29 is 15.0 Å². The lowest BCUT2D eigenvalue weighted by Gasteiger charge is -2.23. The predicted octanol–water partition coefficient (Wildman–Crippen LogP) is 4.04. The average molecular weight is 398 g/mol. The Morgan fingerprint density at radius 3 is 2.66 bits per heavy atom. The second kappa shape index (κ2) is 9.27. The molecule has 1 fully saturated rings. The van der Waals surface area contributed by atoms with Crippen molar-refractivity contribution in [2.75, 3.05) is 14.1 Å². The molecule has 0 saturated heterocycles. The van der Waals surface area contributed by atoms with Crippen LogP contribution in [0, 0.1) is 17.8 Å². The van der Waals surface area contributed by atoms with Crippen LogP contribution in [0.5, 0.6) is 0 Å². The highest BCUT2D eigenvalue weighted by molar-refractivity contribution is 5.75. The van der Waals surface area contributed by atoms with Gasteiger partial charge in [0.15, 0.2) is 0 Å². The number of unbranched alkanes of at least 4 members (excludes halogenated alkanes) is 1. The van der Waals surface area contributed by atoms with Crippen molar-refractivity contribution in [1.29, 1.82) is 0 Å². The number of rotatable bonds is 8. The third-order valence-corrected chi connectivity index (χ3v) is 6.59. The fourth-order valence-corrected chi connectivity index (χ4v) is 4.81. The summed E-state index contributed by atoms with van der Waals surface area (Å²) in [6.45, 7) is 1.80. The van der Waals surface area contributed by atoms with E-state index in [1.165, 1.54) is 5.57 Å². The molecule has 0 unspecified atom stereocenters. The largest absolute Gasteiger partial charge is 0.392 e. The number of amides is 1. The van der Waals surface area contributed by atoms with Crippen molar-refractivity contribution in [2.45, 2.75) is 57.2 Å². The minimum atomic E-state index is -1.03. The van der Waals surface area contributed by atoms with Crippen LogP contribution in [0.25, 0.3) is 0 Å². The summed E-state index contributed by atoms with van der Waals surface area (Å²) in [4.78, 5) is 13.3. The first-order valence-electron chi connectivity index (χ1n) is 10.8. The molecular formula is C25H35NO3. The summed E-state index contributed by atoms with van der Waals surface area (Å²) >= 11 is 0. The van der Waals surface area contributed by atoms with Crippen LogP contribution in [0.2, 0.25) is 0 Å². The van der Waals surface area contributed by atoms with Crippen LogP contribution >= 0.6 is 0 Å². The summed E-state index contributed by atoms with van der Waals surface area (Å²) in [6.07, 6.45) is 11.4. The van der Waals surface area contributed by atoms with Gasteiger partial charge >= 0.3 is 0 Å². The summed E-state index contributed by atoms with van der Waals surface area (Å²) in [5.74, 6) is 1.13. The van der Waals surface area contributed by atoms with Gasteiger partial charge in [0.05, 0.1) is 6.10 Å². The van der Waals surface area contributed by atoms with Gasteiger partial charge in [-0.3, -0.25) is 4.79 Å². The lowest BCUT2D eigenvalue weighted by molar-refractivity contribution is -0.128. The minimum absolute atomic E-state index is 0.0826. The zero-order chi connectivity index (χ0) is 21.0. The summed E-state index contributed by atoms with van der Waals surface area (Å²) in [7, 11) is 3.61. The van der Waals surface area contributed by atoms with Gasteiger partial charge in [-0.2, -0.15) is 0 Å². The van der Waals surface area contributed by atoms with Gasteiger partial charge in [-0.25, -0.2) is 0 Å². The van der Waals surface area contributed by atoms with Gasteiger partial charge in [0.25, 0.3) is 0 Å². The molecule has 0 heterocycles. The number of fused-ring (bicyclic) bond motifs is 1. The number of carbonyl (C=O) groups is 1. The molecule has 2 aliphatic rings. The molecule has 0 spiro atoms.